The van der Waals surface area contributed by atoms with Crippen LogP contribution < -0.4 is 4.74 Å². The summed E-state index contributed by atoms with van der Waals surface area (Å²) in [4.78, 5) is 0.0401. The van der Waals surface area contributed by atoms with Gasteiger partial charge in [-0.3, -0.25) is 0 Å². The molecular weight excluding hydrogens is 304 g/mol. The molecule has 19 heavy (non-hydrogen) atoms. The number of methoxy groups -OCH3 is 1. The molecule has 0 saturated heterocycles. The lowest BCUT2D eigenvalue weighted by Gasteiger charge is -2.13. The van der Waals surface area contributed by atoms with Gasteiger partial charge in [-0.25, -0.2) is 0 Å². The second-order valence-electron chi connectivity index (χ2n) is 4.28. The molecule has 96 valence electrons. The van der Waals surface area contributed by atoms with Crippen molar-refractivity contribution in [2.75, 3.05) is 7.11 Å². The molecule has 2 aromatic carbocycles. The Balaban J connectivity index is 2.20. The van der Waals surface area contributed by atoms with Crippen molar-refractivity contribution < 1.29 is 9.15 Å². The summed E-state index contributed by atoms with van der Waals surface area (Å²) in [6, 6.07) is 16.2. The Hall–Kier alpha value is -1.74. The van der Waals surface area contributed by atoms with E-state index >= 15 is 0 Å². The fourth-order valence-corrected chi connectivity index (χ4v) is 2.94. The van der Waals surface area contributed by atoms with Gasteiger partial charge in [-0.1, -0.05) is 46.3 Å². The Morgan fingerprint density at radius 1 is 1.00 bits per heavy atom. The third kappa shape index (κ3) is 2.15. The van der Waals surface area contributed by atoms with Crippen LogP contribution in [0.15, 0.2) is 59.2 Å². The van der Waals surface area contributed by atoms with E-state index in [1.807, 2.05) is 30.3 Å². The predicted octanol–water partition coefficient (Wildman–Crippen LogP) is 4.93. The lowest BCUT2D eigenvalue weighted by molar-refractivity contribution is 0.419. The van der Waals surface area contributed by atoms with Crippen LogP contribution in [-0.2, 0) is 0 Å². The topological polar surface area (TPSA) is 22.4 Å². The van der Waals surface area contributed by atoms with E-state index < -0.39 is 0 Å². The maximum absolute atomic E-state index is 5.48. The molecule has 1 atom stereocenters. The van der Waals surface area contributed by atoms with Gasteiger partial charge >= 0.3 is 0 Å². The molecule has 3 heteroatoms. The molecule has 0 aliphatic carbocycles. The number of hydrogen-bond donors (Lipinski definition) is 0. The first-order valence-electron chi connectivity index (χ1n) is 6.04. The number of fused-ring (bicyclic) bond motifs is 1. The van der Waals surface area contributed by atoms with Crippen molar-refractivity contribution in [3.8, 4) is 5.75 Å². The number of alkyl halides is 1. The van der Waals surface area contributed by atoms with E-state index in [1.54, 1.807) is 13.4 Å². The minimum Gasteiger partial charge on any atom is -0.496 e. The lowest BCUT2D eigenvalue weighted by atomic mass is 10.0. The van der Waals surface area contributed by atoms with Crippen molar-refractivity contribution in [1.29, 1.82) is 0 Å². The summed E-state index contributed by atoms with van der Waals surface area (Å²) < 4.78 is 10.9. The van der Waals surface area contributed by atoms with Gasteiger partial charge in [0.1, 0.15) is 11.5 Å². The smallest absolute Gasteiger partial charge is 0.126 e. The zero-order valence-corrected chi connectivity index (χ0v) is 12.1. The van der Waals surface area contributed by atoms with E-state index in [0.29, 0.717) is 0 Å². The van der Waals surface area contributed by atoms with Gasteiger partial charge in [-0.15, -0.1) is 0 Å². The molecule has 0 N–H and O–H groups in total. The molecule has 0 aliphatic heterocycles. The van der Waals surface area contributed by atoms with Gasteiger partial charge in [0.2, 0.25) is 0 Å². The van der Waals surface area contributed by atoms with E-state index in [2.05, 4.69) is 34.1 Å². The zero-order chi connectivity index (χ0) is 13.2. The summed E-state index contributed by atoms with van der Waals surface area (Å²) in [5.74, 6) is 1.79. The minimum absolute atomic E-state index is 0.0401. The highest BCUT2D eigenvalue weighted by atomic mass is 79.9. The van der Waals surface area contributed by atoms with Crippen molar-refractivity contribution in [2.45, 2.75) is 4.83 Å². The summed E-state index contributed by atoms with van der Waals surface area (Å²) in [5, 5.41) is 2.28. The second kappa shape index (κ2) is 5.10. The fourth-order valence-electron chi connectivity index (χ4n) is 2.28. The molecule has 0 saturated carbocycles. The van der Waals surface area contributed by atoms with Gasteiger partial charge in [0.25, 0.3) is 0 Å². The van der Waals surface area contributed by atoms with Crippen molar-refractivity contribution in [2.24, 2.45) is 0 Å². The van der Waals surface area contributed by atoms with Gasteiger partial charge < -0.3 is 9.15 Å². The molecule has 0 aliphatic rings. The van der Waals surface area contributed by atoms with E-state index in [-0.39, 0.29) is 4.83 Å². The van der Waals surface area contributed by atoms with Crippen LogP contribution >= 0.6 is 15.9 Å². The molecular formula is C16H13BrO2. The maximum Gasteiger partial charge on any atom is 0.126 e. The van der Waals surface area contributed by atoms with Crippen LogP contribution in [0.3, 0.4) is 0 Å². The van der Waals surface area contributed by atoms with Gasteiger partial charge in [-0.05, 0) is 29.1 Å². The van der Waals surface area contributed by atoms with Gasteiger partial charge in [0.15, 0.2) is 0 Å². The second-order valence-corrected chi connectivity index (χ2v) is 5.20. The number of ether oxygens (including phenoxy) is 1. The van der Waals surface area contributed by atoms with Crippen molar-refractivity contribution in [1.82, 2.24) is 0 Å². The third-order valence-corrected chi connectivity index (χ3v) is 4.15. The van der Waals surface area contributed by atoms with Crippen LogP contribution in [0.2, 0.25) is 0 Å². The molecule has 0 radical (unpaired) electrons. The standard InChI is InChI=1S/C16H13BrO2/c1-18-14-9-8-13(11-5-2-3-6-12(11)14)16(17)15-7-4-10-19-15/h2-10,16H,1H3. The Labute approximate surface area is 120 Å². The molecule has 0 amide bonds. The van der Waals surface area contributed by atoms with Crippen LogP contribution in [0.1, 0.15) is 16.2 Å². The number of rotatable bonds is 3. The summed E-state index contributed by atoms with van der Waals surface area (Å²) in [6.45, 7) is 0. The summed E-state index contributed by atoms with van der Waals surface area (Å²) in [5.41, 5.74) is 1.17. The van der Waals surface area contributed by atoms with Crippen LogP contribution in [-0.4, -0.2) is 7.11 Å². The number of hydrogen-bond acceptors (Lipinski definition) is 2. The summed E-state index contributed by atoms with van der Waals surface area (Å²) in [7, 11) is 1.69. The van der Waals surface area contributed by atoms with Crippen molar-refractivity contribution >= 4 is 26.7 Å². The summed E-state index contributed by atoms with van der Waals surface area (Å²) in [6.07, 6.45) is 1.69. The molecule has 2 nitrogen and oxygen atoms in total. The number of benzene rings is 2. The Kier molecular flexibility index (Phi) is 3.30. The molecule has 3 rings (SSSR count). The van der Waals surface area contributed by atoms with Crippen LogP contribution in [0.5, 0.6) is 5.75 Å². The highest BCUT2D eigenvalue weighted by molar-refractivity contribution is 9.09. The monoisotopic (exact) mass is 316 g/mol. The van der Waals surface area contributed by atoms with Crippen LogP contribution in [0.25, 0.3) is 10.8 Å². The zero-order valence-electron chi connectivity index (χ0n) is 10.5. The number of halogens is 1. The van der Waals surface area contributed by atoms with Gasteiger partial charge in [-0.2, -0.15) is 0 Å². The van der Waals surface area contributed by atoms with E-state index in [4.69, 9.17) is 9.15 Å². The van der Waals surface area contributed by atoms with E-state index in [1.165, 1.54) is 10.9 Å². The predicted molar refractivity (Wildman–Crippen MR) is 80.0 cm³/mol. The highest BCUT2D eigenvalue weighted by Crippen LogP contribution is 2.38. The van der Waals surface area contributed by atoms with Gasteiger partial charge in [0.05, 0.1) is 18.2 Å². The average molecular weight is 317 g/mol. The molecule has 1 heterocycles. The first-order chi connectivity index (χ1) is 9.31. The average Bonchev–Trinajstić information content (AvgIpc) is 2.99. The largest absolute Gasteiger partial charge is 0.496 e. The normalized spacial score (nSPS) is 12.5. The molecule has 0 bridgehead atoms. The molecule has 0 fully saturated rings. The quantitative estimate of drug-likeness (QED) is 0.639. The molecule has 1 aromatic heterocycles. The Morgan fingerprint density at radius 3 is 2.47 bits per heavy atom. The first-order valence-corrected chi connectivity index (χ1v) is 6.96. The Morgan fingerprint density at radius 2 is 1.79 bits per heavy atom. The van der Waals surface area contributed by atoms with Crippen LogP contribution in [0.4, 0.5) is 0 Å². The molecule has 0 spiro atoms. The molecule has 1 unspecified atom stereocenters. The SMILES string of the molecule is COc1ccc(C(Br)c2ccco2)c2ccccc12. The Bertz CT molecular complexity index is 689. The highest BCUT2D eigenvalue weighted by Gasteiger charge is 2.17. The molecule has 3 aromatic rings. The van der Waals surface area contributed by atoms with E-state index in [0.717, 1.165) is 16.9 Å². The number of furan rings is 1. The van der Waals surface area contributed by atoms with E-state index in [9.17, 15) is 0 Å². The van der Waals surface area contributed by atoms with Crippen LogP contribution in [0, 0.1) is 0 Å². The first kappa shape index (κ1) is 12.3. The van der Waals surface area contributed by atoms with Crippen molar-refractivity contribution in [3.05, 3.63) is 66.1 Å². The minimum atomic E-state index is 0.0401. The van der Waals surface area contributed by atoms with Crippen molar-refractivity contribution in [3.63, 3.8) is 0 Å². The maximum atomic E-state index is 5.48. The van der Waals surface area contributed by atoms with Gasteiger partial charge in [0, 0.05) is 5.39 Å². The summed E-state index contributed by atoms with van der Waals surface area (Å²) >= 11 is 3.71. The third-order valence-electron chi connectivity index (χ3n) is 3.20. The fraction of sp³-hybridized carbons (Fsp3) is 0.125. The lowest BCUT2D eigenvalue weighted by Crippen LogP contribution is -1.94.